The zero-order valence-electron chi connectivity index (χ0n) is 18.6. The summed E-state index contributed by atoms with van der Waals surface area (Å²) in [6.07, 6.45) is 3.93. The van der Waals surface area contributed by atoms with E-state index in [0.29, 0.717) is 36.6 Å². The third-order valence-corrected chi connectivity index (χ3v) is 8.89. The van der Waals surface area contributed by atoms with Gasteiger partial charge in [0.05, 0.1) is 0 Å². The van der Waals surface area contributed by atoms with E-state index in [9.17, 15) is 26.8 Å². The first-order valence-electron chi connectivity index (χ1n) is 10.9. The van der Waals surface area contributed by atoms with Crippen LogP contribution >= 0.6 is 0 Å². The summed E-state index contributed by atoms with van der Waals surface area (Å²) in [5.41, 5.74) is -0.270. The average Bonchev–Trinajstić information content (AvgIpc) is 3.55. The predicted molar refractivity (Wildman–Crippen MR) is 119 cm³/mol. The number of hydrogen-bond donors (Lipinski definition) is 1. The highest BCUT2D eigenvalue weighted by Crippen LogP contribution is 2.43. The number of halogens is 2. The highest BCUT2D eigenvalue weighted by atomic mass is 32.2. The molecule has 2 aromatic rings. The number of sulfone groups is 1. The van der Waals surface area contributed by atoms with Crippen molar-refractivity contribution in [3.05, 3.63) is 34.2 Å². The van der Waals surface area contributed by atoms with Crippen LogP contribution in [0.2, 0.25) is 0 Å². The van der Waals surface area contributed by atoms with Crippen LogP contribution in [0, 0.1) is 5.92 Å². The Bertz CT molecular complexity index is 1240. The number of carbonyl (C=O) groups excluding carboxylic acids is 1. The fourth-order valence-electron chi connectivity index (χ4n) is 4.27. The first-order chi connectivity index (χ1) is 15.4. The highest BCUT2D eigenvalue weighted by molar-refractivity contribution is 7.92. The van der Waals surface area contributed by atoms with Crippen LogP contribution in [0.15, 0.2) is 23.1 Å². The zero-order valence-corrected chi connectivity index (χ0v) is 19.4. The minimum atomic E-state index is -3.29. The largest absolute Gasteiger partial charge is 0.474 e. The maximum absolute atomic E-state index is 13.3. The SMILES string of the molecule is Cn1c(=O)c(C(=O)NCC2CCC(F)(F)CC2)cc2ccnc(OCC3(S(C)(=O)=O)CC3)c21. The van der Waals surface area contributed by atoms with Crippen LogP contribution in [0.25, 0.3) is 10.9 Å². The maximum Gasteiger partial charge on any atom is 0.263 e. The summed E-state index contributed by atoms with van der Waals surface area (Å²) in [7, 11) is -1.80. The Labute approximate surface area is 190 Å². The van der Waals surface area contributed by atoms with Crippen molar-refractivity contribution in [1.82, 2.24) is 14.9 Å². The van der Waals surface area contributed by atoms with Gasteiger partial charge in [0.2, 0.25) is 11.8 Å². The molecule has 2 aliphatic rings. The van der Waals surface area contributed by atoms with E-state index in [0.717, 1.165) is 0 Å². The number of amides is 1. The number of hydrogen-bond acceptors (Lipinski definition) is 6. The predicted octanol–water partition coefficient (Wildman–Crippen LogP) is 2.44. The average molecular weight is 484 g/mol. The summed E-state index contributed by atoms with van der Waals surface area (Å²) in [5.74, 6) is -3.13. The number of aromatic nitrogens is 2. The van der Waals surface area contributed by atoms with Gasteiger partial charge in [-0.25, -0.2) is 22.2 Å². The Kier molecular flexibility index (Phi) is 5.96. The van der Waals surface area contributed by atoms with E-state index in [2.05, 4.69) is 10.3 Å². The second-order valence-corrected chi connectivity index (χ2v) is 11.6. The van der Waals surface area contributed by atoms with Gasteiger partial charge in [0.1, 0.15) is 22.4 Å². The van der Waals surface area contributed by atoms with Gasteiger partial charge in [-0.1, -0.05) is 0 Å². The fourth-order valence-corrected chi connectivity index (χ4v) is 5.38. The van der Waals surface area contributed by atoms with Gasteiger partial charge in [0.15, 0.2) is 9.84 Å². The van der Waals surface area contributed by atoms with Crippen molar-refractivity contribution < 1.29 is 26.7 Å². The lowest BCUT2D eigenvalue weighted by Gasteiger charge is -2.28. The maximum atomic E-state index is 13.3. The van der Waals surface area contributed by atoms with Crippen molar-refractivity contribution >= 4 is 26.6 Å². The van der Waals surface area contributed by atoms with Gasteiger partial charge in [-0.15, -0.1) is 0 Å². The van der Waals surface area contributed by atoms with E-state index < -0.39 is 32.0 Å². The van der Waals surface area contributed by atoms with Crippen molar-refractivity contribution in [2.45, 2.75) is 49.2 Å². The molecular weight excluding hydrogens is 456 g/mol. The molecule has 0 bridgehead atoms. The molecule has 0 radical (unpaired) electrons. The number of aryl methyl sites for hydroxylation is 1. The molecule has 1 N–H and O–H groups in total. The Morgan fingerprint density at radius 1 is 1.27 bits per heavy atom. The molecule has 2 fully saturated rings. The normalized spacial score (nSPS) is 19.9. The molecule has 2 heterocycles. The number of nitrogens with zero attached hydrogens (tertiary/aromatic N) is 2. The van der Waals surface area contributed by atoms with E-state index in [4.69, 9.17) is 4.74 Å². The summed E-state index contributed by atoms with van der Waals surface area (Å²) in [4.78, 5) is 29.8. The number of nitrogens with one attached hydrogen (secondary N) is 1. The second kappa shape index (κ2) is 8.34. The van der Waals surface area contributed by atoms with Crippen LogP contribution < -0.4 is 15.6 Å². The van der Waals surface area contributed by atoms with E-state index in [1.165, 1.54) is 30.1 Å². The molecule has 33 heavy (non-hydrogen) atoms. The molecule has 2 aromatic heterocycles. The van der Waals surface area contributed by atoms with E-state index in [1.54, 1.807) is 6.07 Å². The highest BCUT2D eigenvalue weighted by Gasteiger charge is 2.53. The first kappa shape index (κ1) is 23.6. The third-order valence-electron chi connectivity index (χ3n) is 6.79. The van der Waals surface area contributed by atoms with Gasteiger partial charge in [0, 0.05) is 44.3 Å². The van der Waals surface area contributed by atoms with E-state index in [-0.39, 0.29) is 43.4 Å². The fraction of sp³-hybridized carbons (Fsp3) is 0.591. The second-order valence-electron chi connectivity index (χ2n) is 9.23. The summed E-state index contributed by atoms with van der Waals surface area (Å²) in [5, 5.41) is 3.24. The van der Waals surface area contributed by atoms with Gasteiger partial charge in [-0.2, -0.15) is 0 Å². The lowest BCUT2D eigenvalue weighted by atomic mass is 9.87. The first-order valence-corrected chi connectivity index (χ1v) is 12.8. The van der Waals surface area contributed by atoms with Crippen molar-refractivity contribution in [2.24, 2.45) is 13.0 Å². The van der Waals surface area contributed by atoms with Crippen LogP contribution in [-0.2, 0) is 16.9 Å². The lowest BCUT2D eigenvalue weighted by Crippen LogP contribution is -2.37. The Morgan fingerprint density at radius 3 is 2.55 bits per heavy atom. The van der Waals surface area contributed by atoms with Gasteiger partial charge < -0.3 is 14.6 Å². The minimum absolute atomic E-state index is 0.0494. The molecule has 0 aliphatic heterocycles. The van der Waals surface area contributed by atoms with Crippen LogP contribution in [0.4, 0.5) is 8.78 Å². The topological polar surface area (TPSA) is 107 Å². The van der Waals surface area contributed by atoms with Crippen LogP contribution in [0.5, 0.6) is 5.88 Å². The molecule has 0 unspecified atom stereocenters. The van der Waals surface area contributed by atoms with Gasteiger partial charge in [-0.3, -0.25) is 9.59 Å². The summed E-state index contributed by atoms with van der Waals surface area (Å²) < 4.78 is 56.8. The molecule has 0 spiro atoms. The molecule has 0 aromatic carbocycles. The van der Waals surface area contributed by atoms with Gasteiger partial charge >= 0.3 is 0 Å². The van der Waals surface area contributed by atoms with E-state index >= 15 is 0 Å². The third kappa shape index (κ3) is 4.73. The number of carbonyl (C=O) groups is 1. The quantitative estimate of drug-likeness (QED) is 0.648. The Hall–Kier alpha value is -2.56. The Balaban J connectivity index is 1.52. The van der Waals surface area contributed by atoms with Crippen LogP contribution in [0.3, 0.4) is 0 Å². The van der Waals surface area contributed by atoms with Crippen molar-refractivity contribution in [1.29, 1.82) is 0 Å². The van der Waals surface area contributed by atoms with Crippen LogP contribution in [0.1, 0.15) is 48.9 Å². The van der Waals surface area contributed by atoms with Crippen molar-refractivity contribution in [3.8, 4) is 5.88 Å². The molecule has 11 heteroatoms. The van der Waals surface area contributed by atoms with E-state index in [1.807, 2.05) is 0 Å². The van der Waals surface area contributed by atoms with Crippen molar-refractivity contribution in [3.63, 3.8) is 0 Å². The Morgan fingerprint density at radius 2 is 1.94 bits per heavy atom. The molecule has 0 saturated heterocycles. The number of alkyl halides is 2. The standard InChI is InChI=1S/C22H27F2N3O5S/c1-27-17-15(5-10-25-19(17)32-13-21(8-9-21)33(2,30)31)11-16(20(27)29)18(28)26-12-14-3-6-22(23,24)7-4-14/h5,10-11,14H,3-4,6-9,12-13H2,1-2H3,(H,26,28). The number of rotatable bonds is 7. The number of ether oxygens (including phenoxy) is 1. The minimum Gasteiger partial charge on any atom is -0.474 e. The molecule has 4 rings (SSSR count). The molecule has 0 atom stereocenters. The lowest BCUT2D eigenvalue weighted by molar-refractivity contribution is -0.0452. The zero-order chi connectivity index (χ0) is 24.0. The summed E-state index contributed by atoms with van der Waals surface area (Å²) in [6, 6.07) is 3.07. The summed E-state index contributed by atoms with van der Waals surface area (Å²) >= 11 is 0. The molecule has 180 valence electrons. The van der Waals surface area contributed by atoms with Crippen LogP contribution in [-0.4, -0.2) is 54.0 Å². The van der Waals surface area contributed by atoms with Gasteiger partial charge in [-0.05, 0) is 43.7 Å². The molecule has 1 amide bonds. The van der Waals surface area contributed by atoms with Crippen molar-refractivity contribution in [2.75, 3.05) is 19.4 Å². The molecular formula is C22H27F2N3O5S. The monoisotopic (exact) mass is 483 g/mol. The smallest absolute Gasteiger partial charge is 0.263 e. The molecule has 2 aliphatic carbocycles. The summed E-state index contributed by atoms with van der Waals surface area (Å²) in [6.45, 7) is 0.170. The molecule has 2 saturated carbocycles. The van der Waals surface area contributed by atoms with Gasteiger partial charge in [0.25, 0.3) is 11.5 Å². The number of pyridine rings is 2. The number of fused-ring (bicyclic) bond motifs is 1. The molecule has 8 nitrogen and oxygen atoms in total.